The second kappa shape index (κ2) is 5.80. The van der Waals surface area contributed by atoms with Crippen LogP contribution in [-0.4, -0.2) is 38.3 Å². The lowest BCUT2D eigenvalue weighted by Crippen LogP contribution is -2.43. The average molecular weight is 298 g/mol. The summed E-state index contributed by atoms with van der Waals surface area (Å²) in [4.78, 5) is 12.1. The first-order valence-corrected chi connectivity index (χ1v) is 8.34. The Morgan fingerprint density at radius 1 is 1.40 bits per heavy atom. The Morgan fingerprint density at radius 2 is 2.15 bits per heavy atom. The number of sulfone groups is 1. The number of anilines is 1. The third kappa shape index (κ3) is 3.49. The van der Waals surface area contributed by atoms with E-state index in [-0.39, 0.29) is 28.3 Å². The molecule has 3 N–H and O–H groups in total. The summed E-state index contributed by atoms with van der Waals surface area (Å²) in [6, 6.07) is 3.54. The van der Waals surface area contributed by atoms with E-state index in [0.717, 1.165) is 32.1 Å². The SMILES string of the molecule is CS(=O)(=O)c1ccc(O)c(NC(=O)[C@H]2CCCCN2)c1. The van der Waals surface area contributed by atoms with Gasteiger partial charge in [0, 0.05) is 6.26 Å². The molecule has 0 radical (unpaired) electrons. The summed E-state index contributed by atoms with van der Waals surface area (Å²) in [5.74, 6) is -0.410. The fraction of sp³-hybridized carbons (Fsp3) is 0.462. The third-order valence-corrected chi connectivity index (χ3v) is 4.39. The summed E-state index contributed by atoms with van der Waals surface area (Å²) in [5, 5.41) is 15.4. The highest BCUT2D eigenvalue weighted by Crippen LogP contribution is 2.26. The lowest BCUT2D eigenvalue weighted by atomic mass is 10.0. The van der Waals surface area contributed by atoms with Crippen molar-refractivity contribution in [2.24, 2.45) is 0 Å². The number of phenolic OH excluding ortho intramolecular Hbond substituents is 1. The monoisotopic (exact) mass is 298 g/mol. The Morgan fingerprint density at radius 3 is 2.75 bits per heavy atom. The molecule has 1 saturated heterocycles. The van der Waals surface area contributed by atoms with Gasteiger partial charge < -0.3 is 15.7 Å². The van der Waals surface area contributed by atoms with Gasteiger partial charge in [0.2, 0.25) is 5.91 Å². The van der Waals surface area contributed by atoms with Gasteiger partial charge in [-0.25, -0.2) is 8.42 Å². The molecule has 1 aliphatic rings. The molecule has 7 heteroatoms. The molecule has 110 valence electrons. The molecule has 0 spiro atoms. The highest BCUT2D eigenvalue weighted by molar-refractivity contribution is 7.90. The first-order valence-electron chi connectivity index (χ1n) is 6.45. The zero-order valence-electron chi connectivity index (χ0n) is 11.2. The molecular weight excluding hydrogens is 280 g/mol. The van der Waals surface area contributed by atoms with Crippen LogP contribution in [0.1, 0.15) is 19.3 Å². The van der Waals surface area contributed by atoms with E-state index in [1.54, 1.807) is 0 Å². The Labute approximate surface area is 118 Å². The number of amides is 1. The summed E-state index contributed by atoms with van der Waals surface area (Å²) in [5.41, 5.74) is 0.116. The molecule has 1 aromatic carbocycles. The van der Waals surface area contributed by atoms with Crippen molar-refractivity contribution >= 4 is 21.4 Å². The van der Waals surface area contributed by atoms with E-state index < -0.39 is 9.84 Å². The van der Waals surface area contributed by atoms with Gasteiger partial charge in [-0.05, 0) is 37.6 Å². The largest absolute Gasteiger partial charge is 0.506 e. The van der Waals surface area contributed by atoms with Gasteiger partial charge in [0.1, 0.15) is 5.75 Å². The van der Waals surface area contributed by atoms with Gasteiger partial charge in [-0.15, -0.1) is 0 Å². The highest BCUT2D eigenvalue weighted by Gasteiger charge is 2.21. The molecule has 1 aliphatic heterocycles. The van der Waals surface area contributed by atoms with E-state index in [0.29, 0.717) is 0 Å². The van der Waals surface area contributed by atoms with Crippen LogP contribution in [0, 0.1) is 0 Å². The fourth-order valence-electron chi connectivity index (χ4n) is 2.14. The number of nitrogens with one attached hydrogen (secondary N) is 2. The summed E-state index contributed by atoms with van der Waals surface area (Å²) in [7, 11) is -3.38. The summed E-state index contributed by atoms with van der Waals surface area (Å²) in [6.45, 7) is 0.785. The second-order valence-electron chi connectivity index (χ2n) is 4.94. The molecule has 1 amide bonds. The lowest BCUT2D eigenvalue weighted by molar-refractivity contribution is -0.118. The van der Waals surface area contributed by atoms with Gasteiger partial charge in [-0.3, -0.25) is 4.79 Å². The predicted molar refractivity (Wildman–Crippen MR) is 75.5 cm³/mol. The van der Waals surface area contributed by atoms with E-state index >= 15 is 0 Å². The van der Waals surface area contributed by atoms with E-state index in [1.807, 2.05) is 0 Å². The Bertz CT molecular complexity index is 607. The summed E-state index contributed by atoms with van der Waals surface area (Å²) < 4.78 is 23.0. The molecule has 2 rings (SSSR count). The molecule has 0 aliphatic carbocycles. The van der Waals surface area contributed by atoms with Gasteiger partial charge >= 0.3 is 0 Å². The van der Waals surface area contributed by atoms with Crippen molar-refractivity contribution in [2.45, 2.75) is 30.2 Å². The second-order valence-corrected chi connectivity index (χ2v) is 6.96. The van der Waals surface area contributed by atoms with Crippen molar-refractivity contribution in [3.63, 3.8) is 0 Å². The van der Waals surface area contributed by atoms with Crippen LogP contribution in [0.15, 0.2) is 23.1 Å². The van der Waals surface area contributed by atoms with Crippen molar-refractivity contribution in [3.05, 3.63) is 18.2 Å². The fourth-order valence-corrected chi connectivity index (χ4v) is 2.79. The number of carbonyl (C=O) groups excluding carboxylic acids is 1. The van der Waals surface area contributed by atoms with E-state index in [9.17, 15) is 18.3 Å². The molecule has 1 aromatic rings. The zero-order valence-corrected chi connectivity index (χ0v) is 12.0. The third-order valence-electron chi connectivity index (χ3n) is 3.28. The van der Waals surface area contributed by atoms with Gasteiger partial charge in [-0.2, -0.15) is 0 Å². The molecule has 20 heavy (non-hydrogen) atoms. The lowest BCUT2D eigenvalue weighted by Gasteiger charge is -2.22. The minimum absolute atomic E-state index is 0.0576. The zero-order chi connectivity index (χ0) is 14.8. The Balaban J connectivity index is 2.18. The number of phenols is 1. The van der Waals surface area contributed by atoms with Crippen molar-refractivity contribution in [3.8, 4) is 5.75 Å². The molecule has 0 saturated carbocycles. The van der Waals surface area contributed by atoms with Crippen LogP contribution in [0.25, 0.3) is 0 Å². The molecule has 1 atom stereocenters. The van der Waals surface area contributed by atoms with Crippen molar-refractivity contribution in [1.29, 1.82) is 0 Å². The van der Waals surface area contributed by atoms with E-state index in [4.69, 9.17) is 0 Å². The maximum atomic E-state index is 12.0. The van der Waals surface area contributed by atoms with Crippen LogP contribution in [0.5, 0.6) is 5.75 Å². The van der Waals surface area contributed by atoms with Crippen LogP contribution in [0.4, 0.5) is 5.69 Å². The van der Waals surface area contributed by atoms with Crippen molar-refractivity contribution in [2.75, 3.05) is 18.1 Å². The maximum Gasteiger partial charge on any atom is 0.241 e. The topological polar surface area (TPSA) is 95.5 Å². The summed E-state index contributed by atoms with van der Waals surface area (Å²) >= 11 is 0. The van der Waals surface area contributed by atoms with Crippen LogP contribution < -0.4 is 10.6 Å². The normalized spacial score (nSPS) is 19.6. The molecule has 1 fully saturated rings. The quantitative estimate of drug-likeness (QED) is 0.720. The first kappa shape index (κ1) is 14.8. The predicted octanol–water partition coefficient (Wildman–Crippen LogP) is 0.876. The minimum Gasteiger partial charge on any atom is -0.506 e. The van der Waals surface area contributed by atoms with Gasteiger partial charge in [0.15, 0.2) is 9.84 Å². The highest BCUT2D eigenvalue weighted by atomic mass is 32.2. The molecule has 0 bridgehead atoms. The number of aromatic hydroxyl groups is 1. The number of carbonyl (C=O) groups is 1. The average Bonchev–Trinajstić information content (AvgIpc) is 2.41. The Hall–Kier alpha value is -1.60. The number of benzene rings is 1. The number of hydrogen-bond donors (Lipinski definition) is 3. The maximum absolute atomic E-state index is 12.0. The van der Waals surface area contributed by atoms with Gasteiger partial charge in [0.05, 0.1) is 16.6 Å². The number of rotatable bonds is 3. The van der Waals surface area contributed by atoms with E-state index in [2.05, 4.69) is 10.6 Å². The molecular formula is C13H18N2O4S. The van der Waals surface area contributed by atoms with Crippen LogP contribution >= 0.6 is 0 Å². The van der Waals surface area contributed by atoms with Gasteiger partial charge in [-0.1, -0.05) is 6.42 Å². The molecule has 0 aromatic heterocycles. The van der Waals surface area contributed by atoms with Crippen molar-refractivity contribution in [1.82, 2.24) is 5.32 Å². The number of hydrogen-bond acceptors (Lipinski definition) is 5. The van der Waals surface area contributed by atoms with Crippen molar-refractivity contribution < 1.29 is 18.3 Å². The van der Waals surface area contributed by atoms with E-state index in [1.165, 1.54) is 18.2 Å². The van der Waals surface area contributed by atoms with Crippen LogP contribution in [0.3, 0.4) is 0 Å². The smallest absolute Gasteiger partial charge is 0.241 e. The molecule has 0 unspecified atom stereocenters. The summed E-state index contributed by atoms with van der Waals surface area (Å²) in [6.07, 6.45) is 3.82. The van der Waals surface area contributed by atoms with Crippen LogP contribution in [-0.2, 0) is 14.6 Å². The number of piperidine rings is 1. The molecule has 1 heterocycles. The molecule has 6 nitrogen and oxygen atoms in total. The first-order chi connectivity index (χ1) is 9.38. The standard InChI is InChI=1S/C13H18N2O4S/c1-20(18,19)9-5-6-12(16)11(8-9)15-13(17)10-4-2-3-7-14-10/h5-6,8,10,14,16H,2-4,7H2,1H3,(H,15,17)/t10-/m1/s1. The Kier molecular flexibility index (Phi) is 4.29. The minimum atomic E-state index is -3.38. The van der Waals surface area contributed by atoms with Gasteiger partial charge in [0.25, 0.3) is 0 Å². The van der Waals surface area contributed by atoms with Crippen LogP contribution in [0.2, 0.25) is 0 Å².